The van der Waals surface area contributed by atoms with Gasteiger partial charge in [-0.05, 0) is 160 Å². The first-order chi connectivity index (χ1) is 32.1. The fourth-order valence-electron chi connectivity index (χ4n) is 9.77. The van der Waals surface area contributed by atoms with E-state index in [2.05, 4.69) is 41.8 Å². The predicted octanol–water partition coefficient (Wildman–Crippen LogP) is 11.8. The first-order valence-electron chi connectivity index (χ1n) is 23.1. The molecule has 0 aliphatic carbocycles. The molecule has 4 aliphatic rings. The molecule has 2 fully saturated rings. The standard InChI is InChI=1S/C54H56N2O8S2/c1-33-5-3-23-55(33)25-27-61-42-17-9-35(10-18-42)51-54(66-50-32-41(59)15-21-47(50)63-51)38-11-19-45(60)43(30-38)44-29-37(12-20-46(44)62-28-26-56-24-4-6-34(56)2)52-53(36-7-13-39(57)14-8-36)65-49-31-40(58)16-22-48(49)64-52/h7-22,29-34,51-54,57-60H,3-6,23-28H2,1-2H3/t33-,34+,51-,52-,53+,54+/m0/s1. The van der Waals surface area contributed by atoms with E-state index in [-0.39, 0.29) is 33.5 Å². The van der Waals surface area contributed by atoms with Crippen molar-refractivity contribution in [3.63, 3.8) is 0 Å². The molecule has 6 aromatic rings. The Balaban J connectivity index is 1.01. The van der Waals surface area contributed by atoms with Gasteiger partial charge >= 0.3 is 0 Å². The fourth-order valence-corrected chi connectivity index (χ4v) is 12.4. The number of phenols is 4. The zero-order valence-corrected chi connectivity index (χ0v) is 38.8. The van der Waals surface area contributed by atoms with Gasteiger partial charge in [-0.15, -0.1) is 23.5 Å². The number of hydrogen-bond donors (Lipinski definition) is 4. The monoisotopic (exact) mass is 924 g/mol. The van der Waals surface area contributed by atoms with Gasteiger partial charge in [0, 0.05) is 36.3 Å². The smallest absolute Gasteiger partial charge is 0.140 e. The van der Waals surface area contributed by atoms with Crippen LogP contribution >= 0.6 is 23.5 Å². The highest BCUT2D eigenvalue weighted by Crippen LogP contribution is 2.57. The summed E-state index contributed by atoms with van der Waals surface area (Å²) in [5.74, 6) is 3.39. The molecule has 6 atom stereocenters. The largest absolute Gasteiger partial charge is 0.508 e. The first-order valence-corrected chi connectivity index (χ1v) is 24.8. The summed E-state index contributed by atoms with van der Waals surface area (Å²) < 4.78 is 26.5. The van der Waals surface area contributed by atoms with Crippen molar-refractivity contribution in [3.8, 4) is 57.1 Å². The number of rotatable bonds is 13. The summed E-state index contributed by atoms with van der Waals surface area (Å²) in [5, 5.41) is 42.5. The van der Waals surface area contributed by atoms with E-state index in [0.717, 1.165) is 69.5 Å². The summed E-state index contributed by atoms with van der Waals surface area (Å²) in [5.41, 5.74) is 5.04. The number of thioether (sulfide) groups is 2. The Morgan fingerprint density at radius 1 is 0.530 bits per heavy atom. The van der Waals surface area contributed by atoms with Crippen LogP contribution in [0.3, 0.4) is 0 Å². The van der Waals surface area contributed by atoms with Gasteiger partial charge in [0.05, 0.1) is 20.3 Å². The third kappa shape index (κ3) is 9.47. The minimum atomic E-state index is -0.480. The average Bonchev–Trinajstić information content (AvgIpc) is 3.94. The van der Waals surface area contributed by atoms with Gasteiger partial charge in [-0.3, -0.25) is 9.80 Å². The molecule has 12 heteroatoms. The van der Waals surface area contributed by atoms with E-state index in [4.69, 9.17) is 18.9 Å². The van der Waals surface area contributed by atoms with Gasteiger partial charge < -0.3 is 39.4 Å². The van der Waals surface area contributed by atoms with E-state index in [1.807, 2.05) is 54.6 Å². The number of aromatic hydroxyl groups is 4. The normalized spacial score (nSPS) is 22.8. The van der Waals surface area contributed by atoms with E-state index in [1.54, 1.807) is 72.1 Å². The number of likely N-dealkylation sites (tertiary alicyclic amines) is 2. The molecule has 6 aromatic carbocycles. The Hall–Kier alpha value is -5.66. The topological polar surface area (TPSA) is 124 Å². The van der Waals surface area contributed by atoms with Crippen molar-refractivity contribution in [1.82, 2.24) is 9.80 Å². The van der Waals surface area contributed by atoms with Crippen LogP contribution < -0.4 is 18.9 Å². The van der Waals surface area contributed by atoms with Crippen LogP contribution in [0.5, 0.6) is 46.0 Å². The summed E-state index contributed by atoms with van der Waals surface area (Å²) in [6.45, 7) is 9.51. The number of nitrogens with zero attached hydrogens (tertiary/aromatic N) is 2. The second kappa shape index (κ2) is 19.3. The Bertz CT molecular complexity index is 2660. The molecule has 0 amide bonds. The maximum atomic E-state index is 11.9. The summed E-state index contributed by atoms with van der Waals surface area (Å²) in [6, 6.07) is 38.6. The molecule has 4 N–H and O–H groups in total. The summed E-state index contributed by atoms with van der Waals surface area (Å²) in [4.78, 5) is 6.58. The average molecular weight is 925 g/mol. The van der Waals surface area contributed by atoms with Crippen LogP contribution in [-0.2, 0) is 0 Å². The molecule has 0 unspecified atom stereocenters. The van der Waals surface area contributed by atoms with E-state index < -0.39 is 12.2 Å². The van der Waals surface area contributed by atoms with Gasteiger partial charge in [0.25, 0.3) is 0 Å². The highest BCUT2D eigenvalue weighted by atomic mass is 32.2. The fraction of sp³-hybridized carbons (Fsp3) is 0.333. The Morgan fingerprint density at radius 3 is 1.65 bits per heavy atom. The molecule has 0 aromatic heterocycles. The molecule has 10 rings (SSSR count). The Morgan fingerprint density at radius 2 is 1.05 bits per heavy atom. The molecule has 0 radical (unpaired) electrons. The zero-order chi connectivity index (χ0) is 45.3. The lowest BCUT2D eigenvalue weighted by Gasteiger charge is -2.34. The van der Waals surface area contributed by atoms with Crippen molar-refractivity contribution in [2.24, 2.45) is 0 Å². The molecule has 4 heterocycles. The van der Waals surface area contributed by atoms with Crippen molar-refractivity contribution < 1.29 is 39.4 Å². The highest BCUT2D eigenvalue weighted by Gasteiger charge is 2.37. The van der Waals surface area contributed by atoms with Crippen molar-refractivity contribution in [1.29, 1.82) is 0 Å². The second-order valence-corrected chi connectivity index (χ2v) is 20.2. The molecule has 10 nitrogen and oxygen atoms in total. The number of hydrogen-bond acceptors (Lipinski definition) is 12. The Kier molecular flexibility index (Phi) is 12.9. The molecule has 0 saturated carbocycles. The van der Waals surface area contributed by atoms with Crippen LogP contribution in [0.15, 0.2) is 131 Å². The molecule has 0 bridgehead atoms. The van der Waals surface area contributed by atoms with Gasteiger partial charge in [0.2, 0.25) is 0 Å². The van der Waals surface area contributed by atoms with Crippen LogP contribution in [0.1, 0.15) is 84.5 Å². The van der Waals surface area contributed by atoms with Crippen molar-refractivity contribution >= 4 is 23.5 Å². The lowest BCUT2D eigenvalue weighted by atomic mass is 9.92. The maximum absolute atomic E-state index is 11.9. The quantitative estimate of drug-likeness (QED) is 0.0881. The first kappa shape index (κ1) is 44.2. The summed E-state index contributed by atoms with van der Waals surface area (Å²) in [6.07, 6.45) is 3.94. The van der Waals surface area contributed by atoms with Crippen LogP contribution in [0.2, 0.25) is 0 Å². The van der Waals surface area contributed by atoms with E-state index in [1.165, 1.54) is 25.7 Å². The van der Waals surface area contributed by atoms with Crippen LogP contribution in [-0.4, -0.2) is 81.7 Å². The van der Waals surface area contributed by atoms with Gasteiger partial charge in [0.1, 0.15) is 71.4 Å². The van der Waals surface area contributed by atoms with Gasteiger partial charge in [0.15, 0.2) is 0 Å². The van der Waals surface area contributed by atoms with E-state index in [0.29, 0.717) is 48.1 Å². The molecule has 2 saturated heterocycles. The third-order valence-corrected chi connectivity index (χ3v) is 16.2. The van der Waals surface area contributed by atoms with Gasteiger partial charge in [-0.1, -0.05) is 36.4 Å². The maximum Gasteiger partial charge on any atom is 0.140 e. The Labute approximate surface area is 395 Å². The SMILES string of the molecule is C[C@@H]1CCCN1CCOc1ccc([C@@H]2Oc3ccc(O)cc3S[C@@H]2c2ccc(O)cc2)cc1-c1cc([C@H]2Sc3cc(O)ccc3O[C@H]2c2ccc(OCCN3CCC[C@@H]3C)cc2)ccc1O. The molecular weight excluding hydrogens is 869 g/mol. The van der Waals surface area contributed by atoms with Crippen molar-refractivity contribution in [2.75, 3.05) is 39.4 Å². The summed E-state index contributed by atoms with van der Waals surface area (Å²) in [7, 11) is 0. The highest BCUT2D eigenvalue weighted by molar-refractivity contribution is 8.00. The van der Waals surface area contributed by atoms with Crippen molar-refractivity contribution in [2.45, 2.75) is 84.1 Å². The van der Waals surface area contributed by atoms with Gasteiger partial charge in [-0.2, -0.15) is 0 Å². The number of ether oxygens (including phenoxy) is 4. The molecule has 4 aliphatic heterocycles. The van der Waals surface area contributed by atoms with Gasteiger partial charge in [-0.25, -0.2) is 0 Å². The number of benzene rings is 6. The van der Waals surface area contributed by atoms with Crippen LogP contribution in [0, 0.1) is 0 Å². The van der Waals surface area contributed by atoms with Crippen LogP contribution in [0.25, 0.3) is 11.1 Å². The molecule has 0 spiro atoms. The lowest BCUT2D eigenvalue weighted by molar-refractivity contribution is 0.190. The minimum Gasteiger partial charge on any atom is -0.508 e. The minimum absolute atomic E-state index is 0.102. The lowest BCUT2D eigenvalue weighted by Crippen LogP contribution is -2.31. The zero-order valence-electron chi connectivity index (χ0n) is 37.2. The van der Waals surface area contributed by atoms with Crippen molar-refractivity contribution in [3.05, 3.63) is 144 Å². The third-order valence-electron chi connectivity index (χ3n) is 13.5. The molecular formula is C54H56N2O8S2. The molecule has 342 valence electrons. The molecule has 66 heavy (non-hydrogen) atoms. The van der Waals surface area contributed by atoms with E-state index >= 15 is 0 Å². The van der Waals surface area contributed by atoms with Crippen LogP contribution in [0.4, 0.5) is 0 Å². The second-order valence-electron chi connectivity index (χ2n) is 17.9. The number of phenolic OH excluding ortho intramolecular Hbond substituents is 4. The summed E-state index contributed by atoms with van der Waals surface area (Å²) >= 11 is 3.22. The predicted molar refractivity (Wildman–Crippen MR) is 260 cm³/mol. The number of fused-ring (bicyclic) bond motifs is 2. The van der Waals surface area contributed by atoms with E-state index in [9.17, 15) is 20.4 Å².